The van der Waals surface area contributed by atoms with Crippen LogP contribution in [0.2, 0.25) is 0 Å². The van der Waals surface area contributed by atoms with Crippen molar-refractivity contribution in [1.82, 2.24) is 4.98 Å². The highest BCUT2D eigenvalue weighted by Crippen LogP contribution is 2.23. The van der Waals surface area contributed by atoms with E-state index in [0.717, 1.165) is 11.1 Å². The smallest absolute Gasteiger partial charge is 0.259 e. The normalized spacial score (nSPS) is 10.8. The molecule has 0 saturated carbocycles. The molecule has 0 radical (unpaired) electrons. The molecule has 2 aromatic carbocycles. The van der Waals surface area contributed by atoms with Gasteiger partial charge in [-0.1, -0.05) is 29.8 Å². The monoisotopic (exact) mass is 447 g/mol. The number of anilines is 2. The maximum atomic E-state index is 14.2. The van der Waals surface area contributed by atoms with Crippen LogP contribution in [0.25, 0.3) is 11.3 Å². The molecule has 33 heavy (non-hydrogen) atoms. The first kappa shape index (κ1) is 22.0. The molecule has 2 aromatic heterocycles. The van der Waals surface area contributed by atoms with Crippen molar-refractivity contribution in [1.29, 1.82) is 0 Å². The molecule has 168 valence electrons. The van der Waals surface area contributed by atoms with E-state index in [0.29, 0.717) is 35.1 Å². The lowest BCUT2D eigenvalue weighted by molar-refractivity contribution is -0.116. The fourth-order valence-electron chi connectivity index (χ4n) is 3.23. The summed E-state index contributed by atoms with van der Waals surface area (Å²) in [4.78, 5) is 28.9. The summed E-state index contributed by atoms with van der Waals surface area (Å²) in [6.07, 6.45) is 3.45. The molecule has 0 atom stereocenters. The molecule has 0 aliphatic rings. The highest BCUT2D eigenvalue weighted by Gasteiger charge is 2.15. The molecule has 2 amide bonds. The van der Waals surface area contributed by atoms with E-state index in [2.05, 4.69) is 15.6 Å². The summed E-state index contributed by atoms with van der Waals surface area (Å²) >= 11 is 0. The molecule has 0 aliphatic carbocycles. The van der Waals surface area contributed by atoms with Crippen LogP contribution in [-0.4, -0.2) is 16.8 Å². The first-order chi connectivity index (χ1) is 15.9. The van der Waals surface area contributed by atoms with Crippen molar-refractivity contribution in [3.63, 3.8) is 0 Å². The van der Waals surface area contributed by atoms with E-state index in [1.165, 1.54) is 30.5 Å². The van der Waals surface area contributed by atoms with Crippen LogP contribution in [0.15, 0.2) is 69.8 Å². The largest absolute Gasteiger partial charge is 0.469 e. The van der Waals surface area contributed by atoms with Crippen molar-refractivity contribution in [3.05, 3.63) is 89.6 Å². The van der Waals surface area contributed by atoms with Gasteiger partial charge >= 0.3 is 0 Å². The van der Waals surface area contributed by atoms with Gasteiger partial charge in [-0.05, 0) is 38.1 Å². The Labute approximate surface area is 189 Å². The number of aromatic nitrogens is 1. The first-order valence-electron chi connectivity index (χ1n) is 10.4. The van der Waals surface area contributed by atoms with Crippen LogP contribution < -0.4 is 10.6 Å². The average molecular weight is 447 g/mol. The molecule has 0 fully saturated rings. The zero-order valence-corrected chi connectivity index (χ0v) is 18.1. The summed E-state index contributed by atoms with van der Waals surface area (Å²) in [6.45, 7) is 3.65. The van der Waals surface area contributed by atoms with Crippen molar-refractivity contribution in [2.24, 2.45) is 0 Å². The van der Waals surface area contributed by atoms with Crippen LogP contribution in [-0.2, 0) is 11.2 Å². The Bertz CT molecular complexity index is 1290. The Kier molecular flexibility index (Phi) is 6.35. The maximum absolute atomic E-state index is 14.2. The molecular formula is C25H22FN3O4. The van der Waals surface area contributed by atoms with Gasteiger partial charge in [0, 0.05) is 24.1 Å². The third kappa shape index (κ3) is 5.35. The van der Waals surface area contributed by atoms with Gasteiger partial charge in [-0.25, -0.2) is 9.37 Å². The zero-order valence-electron chi connectivity index (χ0n) is 18.1. The van der Waals surface area contributed by atoms with Crippen LogP contribution in [0.4, 0.5) is 15.8 Å². The number of rotatable bonds is 7. The fraction of sp³-hybridized carbons (Fsp3) is 0.160. The van der Waals surface area contributed by atoms with E-state index < -0.39 is 11.7 Å². The molecule has 0 bridgehead atoms. The van der Waals surface area contributed by atoms with Crippen molar-refractivity contribution < 1.29 is 22.8 Å². The second-order valence-corrected chi connectivity index (χ2v) is 7.57. The van der Waals surface area contributed by atoms with E-state index >= 15 is 0 Å². The van der Waals surface area contributed by atoms with Crippen LogP contribution in [0.1, 0.15) is 34.0 Å². The van der Waals surface area contributed by atoms with E-state index in [9.17, 15) is 14.0 Å². The van der Waals surface area contributed by atoms with E-state index in [4.69, 9.17) is 8.83 Å². The van der Waals surface area contributed by atoms with Gasteiger partial charge in [0.1, 0.15) is 11.6 Å². The number of furan rings is 1. The van der Waals surface area contributed by atoms with Crippen molar-refractivity contribution in [2.75, 3.05) is 10.6 Å². The highest BCUT2D eigenvalue weighted by atomic mass is 19.1. The van der Waals surface area contributed by atoms with Crippen molar-refractivity contribution in [2.45, 2.75) is 26.7 Å². The molecule has 4 rings (SSSR count). The van der Waals surface area contributed by atoms with Crippen LogP contribution >= 0.6 is 0 Å². The predicted molar refractivity (Wildman–Crippen MR) is 121 cm³/mol. The van der Waals surface area contributed by atoms with Gasteiger partial charge in [-0.15, -0.1) is 0 Å². The van der Waals surface area contributed by atoms with Gasteiger partial charge in [0.25, 0.3) is 5.91 Å². The summed E-state index contributed by atoms with van der Waals surface area (Å²) in [5.41, 5.74) is 2.67. The maximum Gasteiger partial charge on any atom is 0.259 e. The SMILES string of the molecule is Cc1ccc(-c2cnc(CCC(=O)Nc3ccc(F)c(NC(=O)c4ccoc4C)c3)o2)cc1. The zero-order chi connectivity index (χ0) is 23.4. The van der Waals surface area contributed by atoms with E-state index in [1.807, 2.05) is 31.2 Å². The lowest BCUT2D eigenvalue weighted by Gasteiger charge is -2.09. The molecular weight excluding hydrogens is 425 g/mol. The number of oxazole rings is 1. The van der Waals surface area contributed by atoms with Crippen LogP contribution in [0.3, 0.4) is 0 Å². The van der Waals surface area contributed by atoms with E-state index in [-0.39, 0.29) is 18.0 Å². The number of hydrogen-bond acceptors (Lipinski definition) is 5. The van der Waals surface area contributed by atoms with Crippen LogP contribution in [0.5, 0.6) is 0 Å². The summed E-state index contributed by atoms with van der Waals surface area (Å²) in [6, 6.07) is 13.3. The number of carbonyl (C=O) groups is 2. The first-order valence-corrected chi connectivity index (χ1v) is 10.4. The second-order valence-electron chi connectivity index (χ2n) is 7.57. The van der Waals surface area contributed by atoms with Gasteiger partial charge in [0.15, 0.2) is 11.7 Å². The minimum atomic E-state index is -0.620. The molecule has 4 aromatic rings. The predicted octanol–water partition coefficient (Wildman–Crippen LogP) is 5.51. The van der Waals surface area contributed by atoms with Crippen molar-refractivity contribution in [3.8, 4) is 11.3 Å². The second kappa shape index (κ2) is 9.52. The molecule has 2 heterocycles. The van der Waals surface area contributed by atoms with Gasteiger partial charge in [0.05, 0.1) is 23.7 Å². The Hall–Kier alpha value is -4.20. The lowest BCUT2D eigenvalue weighted by Crippen LogP contribution is -2.15. The summed E-state index contributed by atoms with van der Waals surface area (Å²) in [5.74, 6) is 0.0948. The van der Waals surface area contributed by atoms with E-state index in [1.54, 1.807) is 13.1 Å². The minimum absolute atomic E-state index is 0.0474. The molecule has 0 saturated heterocycles. The van der Waals surface area contributed by atoms with Crippen molar-refractivity contribution >= 4 is 23.2 Å². The number of nitrogens with one attached hydrogen (secondary N) is 2. The standard InChI is InChI=1S/C25H22FN3O4/c1-15-3-5-17(6-4-15)22-14-27-24(33-22)10-9-23(30)28-18-7-8-20(26)21(13-18)29-25(31)19-11-12-32-16(19)2/h3-8,11-14H,9-10H2,1-2H3,(H,28,30)(H,29,31). The number of benzene rings is 2. The van der Waals surface area contributed by atoms with Gasteiger partial charge in [0.2, 0.25) is 5.91 Å². The third-order valence-electron chi connectivity index (χ3n) is 5.06. The van der Waals surface area contributed by atoms with Gasteiger partial charge in [-0.2, -0.15) is 0 Å². The third-order valence-corrected chi connectivity index (χ3v) is 5.06. The lowest BCUT2D eigenvalue weighted by atomic mass is 10.1. The van der Waals surface area contributed by atoms with Crippen LogP contribution in [0, 0.1) is 19.7 Å². The number of aryl methyl sites for hydroxylation is 3. The Morgan fingerprint density at radius 2 is 1.82 bits per heavy atom. The topological polar surface area (TPSA) is 97.4 Å². The van der Waals surface area contributed by atoms with Gasteiger partial charge in [-0.3, -0.25) is 9.59 Å². The number of halogens is 1. The Balaban J connectivity index is 1.35. The number of nitrogens with zero attached hydrogens (tertiary/aromatic N) is 1. The Morgan fingerprint density at radius 3 is 2.55 bits per heavy atom. The number of carbonyl (C=O) groups excluding carboxylic acids is 2. The molecule has 8 heteroatoms. The molecule has 2 N–H and O–H groups in total. The molecule has 7 nitrogen and oxygen atoms in total. The minimum Gasteiger partial charge on any atom is -0.469 e. The Morgan fingerprint density at radius 1 is 1.03 bits per heavy atom. The fourth-order valence-corrected chi connectivity index (χ4v) is 3.23. The highest BCUT2D eigenvalue weighted by molar-refractivity contribution is 6.05. The average Bonchev–Trinajstić information content (AvgIpc) is 3.44. The quantitative estimate of drug-likeness (QED) is 0.389. The molecule has 0 spiro atoms. The molecule has 0 aliphatic heterocycles. The van der Waals surface area contributed by atoms with Gasteiger partial charge < -0.3 is 19.5 Å². The summed E-state index contributed by atoms with van der Waals surface area (Å²) < 4.78 is 25.0. The number of hydrogen-bond donors (Lipinski definition) is 2. The summed E-state index contributed by atoms with van der Waals surface area (Å²) in [7, 11) is 0. The number of amides is 2. The molecule has 0 unspecified atom stereocenters. The summed E-state index contributed by atoms with van der Waals surface area (Å²) in [5, 5.41) is 5.20.